The first kappa shape index (κ1) is 22.8. The molecule has 0 aliphatic heterocycles. The maximum atomic E-state index is 15.1. The van der Waals surface area contributed by atoms with Crippen LogP contribution in [-0.2, 0) is 19.3 Å². The first-order chi connectivity index (χ1) is 16.0. The van der Waals surface area contributed by atoms with Crippen molar-refractivity contribution in [2.75, 3.05) is 0 Å². The van der Waals surface area contributed by atoms with Crippen LogP contribution in [0.15, 0.2) is 78.9 Å². The van der Waals surface area contributed by atoms with E-state index in [9.17, 15) is 13.2 Å². The highest BCUT2D eigenvalue weighted by molar-refractivity contribution is 5.88. The lowest BCUT2D eigenvalue weighted by molar-refractivity contribution is 0.507. The van der Waals surface area contributed by atoms with Gasteiger partial charge in [0.05, 0.1) is 0 Å². The van der Waals surface area contributed by atoms with Crippen LogP contribution in [0, 0.1) is 23.3 Å². The lowest BCUT2D eigenvalue weighted by Gasteiger charge is -2.10. The van der Waals surface area contributed by atoms with Gasteiger partial charge >= 0.3 is 0 Å². The van der Waals surface area contributed by atoms with Crippen LogP contribution in [-0.4, -0.2) is 0 Å². The molecule has 0 saturated heterocycles. The van der Waals surface area contributed by atoms with E-state index in [-0.39, 0.29) is 11.6 Å². The van der Waals surface area contributed by atoms with Gasteiger partial charge in [-0.25, -0.2) is 17.6 Å². The van der Waals surface area contributed by atoms with Crippen LogP contribution in [0.25, 0.3) is 21.9 Å². The van der Waals surface area contributed by atoms with Crippen LogP contribution >= 0.6 is 0 Å². The molecule has 4 heteroatoms. The van der Waals surface area contributed by atoms with Gasteiger partial charge in [-0.2, -0.15) is 0 Å². The molecule has 0 aromatic heterocycles. The van der Waals surface area contributed by atoms with Crippen molar-refractivity contribution >= 4 is 10.8 Å². The molecule has 168 valence electrons. The quantitative estimate of drug-likeness (QED) is 0.197. The van der Waals surface area contributed by atoms with Gasteiger partial charge < -0.3 is 0 Å². The molecule has 0 bridgehead atoms. The fourth-order valence-corrected chi connectivity index (χ4v) is 4.04. The molecule has 4 rings (SSSR count). The predicted molar refractivity (Wildman–Crippen MR) is 126 cm³/mol. The van der Waals surface area contributed by atoms with Crippen molar-refractivity contribution in [1.82, 2.24) is 0 Å². The molecule has 0 fully saturated rings. The van der Waals surface area contributed by atoms with Gasteiger partial charge in [0.2, 0.25) is 0 Å². The molecule has 0 aliphatic rings. The number of halogens is 4. The molecule has 4 aromatic rings. The smallest absolute Gasteiger partial charge is 0.159 e. The first-order valence-corrected chi connectivity index (χ1v) is 11.0. The number of hydrogen-bond acceptors (Lipinski definition) is 0. The lowest BCUT2D eigenvalue weighted by Crippen LogP contribution is -1.97. The Labute approximate surface area is 191 Å². The van der Waals surface area contributed by atoms with Gasteiger partial charge in [0.1, 0.15) is 11.6 Å². The van der Waals surface area contributed by atoms with E-state index in [1.165, 1.54) is 6.07 Å². The van der Waals surface area contributed by atoms with Crippen molar-refractivity contribution in [2.45, 2.75) is 32.6 Å². The fourth-order valence-electron chi connectivity index (χ4n) is 4.04. The van der Waals surface area contributed by atoms with E-state index in [4.69, 9.17) is 0 Å². The highest BCUT2D eigenvalue weighted by atomic mass is 19.2. The molecule has 0 unspecified atom stereocenters. The summed E-state index contributed by atoms with van der Waals surface area (Å²) in [5, 5.41) is 1.13. The zero-order chi connectivity index (χ0) is 23.4. The Morgan fingerprint density at radius 1 is 0.667 bits per heavy atom. The van der Waals surface area contributed by atoms with E-state index in [0.717, 1.165) is 30.5 Å². The Kier molecular flexibility index (Phi) is 6.93. The molecular formula is C29H24F4. The largest absolute Gasteiger partial charge is 0.206 e. The van der Waals surface area contributed by atoms with Crippen LogP contribution in [0.2, 0.25) is 0 Å². The third-order valence-corrected chi connectivity index (χ3v) is 5.88. The van der Waals surface area contributed by atoms with Gasteiger partial charge in [-0.05, 0) is 84.5 Å². The Balaban J connectivity index is 1.55. The summed E-state index contributed by atoms with van der Waals surface area (Å²) >= 11 is 0. The summed E-state index contributed by atoms with van der Waals surface area (Å²) in [6.45, 7) is 1.96. The average Bonchev–Trinajstić information content (AvgIpc) is 2.81. The Bertz CT molecular complexity index is 1320. The van der Waals surface area contributed by atoms with Gasteiger partial charge in [-0.1, -0.05) is 54.6 Å². The van der Waals surface area contributed by atoms with E-state index in [1.54, 1.807) is 36.4 Å². The second-order valence-electron chi connectivity index (χ2n) is 8.14. The number of fused-ring (bicyclic) bond motifs is 1. The average molecular weight is 449 g/mol. The minimum Gasteiger partial charge on any atom is -0.206 e. The van der Waals surface area contributed by atoms with Crippen LogP contribution in [0.3, 0.4) is 0 Å². The predicted octanol–water partition coefficient (Wildman–Crippen LogP) is 8.36. The van der Waals surface area contributed by atoms with E-state index < -0.39 is 11.6 Å². The summed E-state index contributed by atoms with van der Waals surface area (Å²) in [5.41, 5.74) is 3.21. The van der Waals surface area contributed by atoms with Crippen molar-refractivity contribution in [3.05, 3.63) is 119 Å². The molecular weight excluding hydrogens is 424 g/mol. The molecule has 0 radical (unpaired) electrons. The van der Waals surface area contributed by atoms with Crippen LogP contribution in [0.5, 0.6) is 0 Å². The van der Waals surface area contributed by atoms with Gasteiger partial charge in [0.25, 0.3) is 0 Å². The van der Waals surface area contributed by atoms with Crippen molar-refractivity contribution in [1.29, 1.82) is 0 Å². The molecule has 0 nitrogen and oxygen atoms in total. The molecule has 0 atom stereocenters. The Hall–Kier alpha value is -3.40. The number of aryl methyl sites for hydroxylation is 3. The van der Waals surface area contributed by atoms with Crippen LogP contribution in [0.1, 0.15) is 30.0 Å². The summed E-state index contributed by atoms with van der Waals surface area (Å²) in [7, 11) is 0. The zero-order valence-corrected chi connectivity index (χ0v) is 18.3. The summed E-state index contributed by atoms with van der Waals surface area (Å²) < 4.78 is 56.4. The van der Waals surface area contributed by atoms with Gasteiger partial charge in [0, 0.05) is 10.9 Å². The van der Waals surface area contributed by atoms with Crippen molar-refractivity contribution < 1.29 is 17.6 Å². The van der Waals surface area contributed by atoms with E-state index in [1.807, 2.05) is 25.1 Å². The number of allylic oxidation sites excluding steroid dienone is 2. The number of rotatable bonds is 7. The maximum absolute atomic E-state index is 15.1. The summed E-state index contributed by atoms with van der Waals surface area (Å²) in [6, 6.07) is 17.7. The summed E-state index contributed by atoms with van der Waals surface area (Å²) in [6.07, 6.45) is 6.42. The Morgan fingerprint density at radius 3 is 2.18 bits per heavy atom. The topological polar surface area (TPSA) is 0 Å². The molecule has 0 aliphatic carbocycles. The molecule has 0 saturated carbocycles. The maximum Gasteiger partial charge on any atom is 0.159 e. The van der Waals surface area contributed by atoms with E-state index >= 15 is 4.39 Å². The highest BCUT2D eigenvalue weighted by Crippen LogP contribution is 2.30. The SMILES string of the molecule is C/C=C/CCc1ccc(-c2ccc3c(F)c(CCc4ccc(F)c(F)c4)ccc3c2)c(F)c1. The molecule has 33 heavy (non-hydrogen) atoms. The fraction of sp³-hybridized carbons (Fsp3) is 0.172. The molecule has 0 amide bonds. The van der Waals surface area contributed by atoms with Crippen molar-refractivity contribution in [3.8, 4) is 11.1 Å². The van der Waals surface area contributed by atoms with Crippen LogP contribution < -0.4 is 0 Å². The minimum absolute atomic E-state index is 0.295. The lowest BCUT2D eigenvalue weighted by atomic mass is 9.96. The summed E-state index contributed by atoms with van der Waals surface area (Å²) in [4.78, 5) is 0. The van der Waals surface area contributed by atoms with Crippen LogP contribution in [0.4, 0.5) is 17.6 Å². The number of hydrogen-bond donors (Lipinski definition) is 0. The monoisotopic (exact) mass is 448 g/mol. The first-order valence-electron chi connectivity index (χ1n) is 11.0. The molecule has 4 aromatic carbocycles. The Morgan fingerprint density at radius 2 is 1.42 bits per heavy atom. The molecule has 0 N–H and O–H groups in total. The zero-order valence-electron chi connectivity index (χ0n) is 18.3. The normalized spacial score (nSPS) is 11.5. The molecule has 0 spiro atoms. The second-order valence-corrected chi connectivity index (χ2v) is 8.14. The summed E-state index contributed by atoms with van der Waals surface area (Å²) in [5.74, 6) is -2.44. The third-order valence-electron chi connectivity index (χ3n) is 5.88. The third kappa shape index (κ3) is 5.16. The standard InChI is InChI=1S/C29H24F4/c1-2-3-4-5-19-7-13-24(27(31)16-19)22-12-14-25-23(18-22)11-10-21(29(25)33)9-6-20-8-15-26(30)28(32)17-20/h2-3,7-8,10-18H,4-6,9H2,1H3/b3-2+. The van der Waals surface area contributed by atoms with E-state index in [2.05, 4.69) is 6.08 Å². The number of benzene rings is 4. The second kappa shape index (κ2) is 10.0. The highest BCUT2D eigenvalue weighted by Gasteiger charge is 2.12. The van der Waals surface area contributed by atoms with Gasteiger partial charge in [0.15, 0.2) is 11.6 Å². The van der Waals surface area contributed by atoms with E-state index in [0.29, 0.717) is 45.9 Å². The van der Waals surface area contributed by atoms with Crippen molar-refractivity contribution in [3.63, 3.8) is 0 Å². The van der Waals surface area contributed by atoms with Gasteiger partial charge in [-0.3, -0.25) is 0 Å². The van der Waals surface area contributed by atoms with Gasteiger partial charge in [-0.15, -0.1) is 0 Å². The molecule has 0 heterocycles. The van der Waals surface area contributed by atoms with Crippen molar-refractivity contribution in [2.24, 2.45) is 0 Å². The minimum atomic E-state index is -0.905.